The molecule has 1 fully saturated rings. The van der Waals surface area contributed by atoms with Gasteiger partial charge < -0.3 is 23.8 Å². The highest BCUT2D eigenvalue weighted by atomic mass is 16.6. The fourth-order valence-corrected chi connectivity index (χ4v) is 3.48. The first-order chi connectivity index (χ1) is 16.2. The van der Waals surface area contributed by atoms with E-state index in [0.29, 0.717) is 22.8 Å². The summed E-state index contributed by atoms with van der Waals surface area (Å²) in [5.74, 6) is 0.866. The number of nitrogens with zero attached hydrogens (tertiary/aromatic N) is 2. The molecule has 0 N–H and O–H groups in total. The Balaban J connectivity index is 1.43. The summed E-state index contributed by atoms with van der Waals surface area (Å²) in [6, 6.07) is 20.2. The summed E-state index contributed by atoms with van der Waals surface area (Å²) >= 11 is 0. The van der Waals surface area contributed by atoms with Crippen molar-refractivity contribution >= 4 is 23.6 Å². The zero-order chi connectivity index (χ0) is 23.0. The average Bonchev–Trinajstić information content (AvgIpc) is 2.89. The van der Waals surface area contributed by atoms with Crippen LogP contribution in [0.1, 0.15) is 15.9 Å². The molecule has 170 valence electrons. The fraction of sp³-hybridized carbons (Fsp3) is 0.231. The van der Waals surface area contributed by atoms with Crippen molar-refractivity contribution in [1.29, 1.82) is 0 Å². The van der Waals surface area contributed by atoms with Crippen LogP contribution in [-0.4, -0.2) is 52.7 Å². The second kappa shape index (κ2) is 10.7. The van der Waals surface area contributed by atoms with Gasteiger partial charge in [-0.15, -0.1) is 0 Å². The summed E-state index contributed by atoms with van der Waals surface area (Å²) in [4.78, 5) is 19.4. The fourth-order valence-electron chi connectivity index (χ4n) is 3.48. The molecule has 0 radical (unpaired) electrons. The Morgan fingerprint density at radius 1 is 0.939 bits per heavy atom. The molecule has 4 rings (SSSR count). The number of morpholine rings is 1. The van der Waals surface area contributed by atoms with Crippen molar-refractivity contribution in [3.05, 3.63) is 77.9 Å². The molecule has 1 saturated heterocycles. The van der Waals surface area contributed by atoms with Gasteiger partial charge in [0.25, 0.3) is 0 Å². The van der Waals surface area contributed by atoms with E-state index in [1.165, 1.54) is 12.8 Å². The molecule has 0 aromatic heterocycles. The molecular formula is C26H26N2O5. The monoisotopic (exact) mass is 446 g/mol. The minimum atomic E-state index is -0.492. The van der Waals surface area contributed by atoms with Crippen LogP contribution in [0.4, 0.5) is 11.4 Å². The number of hydrogen-bond acceptors (Lipinski definition) is 7. The number of benzene rings is 3. The van der Waals surface area contributed by atoms with Crippen LogP contribution in [-0.2, 0) is 4.74 Å². The van der Waals surface area contributed by atoms with Gasteiger partial charge in [0.15, 0.2) is 11.5 Å². The first kappa shape index (κ1) is 22.4. The summed E-state index contributed by atoms with van der Waals surface area (Å²) in [6.45, 7) is 3.31. The van der Waals surface area contributed by atoms with Gasteiger partial charge >= 0.3 is 5.97 Å². The van der Waals surface area contributed by atoms with Gasteiger partial charge in [0.2, 0.25) is 0 Å². The van der Waals surface area contributed by atoms with Gasteiger partial charge in [0.05, 0.1) is 38.7 Å². The van der Waals surface area contributed by atoms with Gasteiger partial charge in [-0.25, -0.2) is 4.79 Å². The van der Waals surface area contributed by atoms with Gasteiger partial charge in [-0.3, -0.25) is 4.99 Å². The van der Waals surface area contributed by atoms with Crippen molar-refractivity contribution in [2.75, 3.05) is 45.4 Å². The second-order valence-corrected chi connectivity index (χ2v) is 7.41. The minimum Gasteiger partial charge on any atom is -0.497 e. The molecule has 0 atom stereocenters. The van der Waals surface area contributed by atoms with E-state index in [2.05, 4.69) is 22.0 Å². The Morgan fingerprint density at radius 3 is 2.45 bits per heavy atom. The molecule has 1 aliphatic heterocycles. The Kier molecular flexibility index (Phi) is 7.22. The average molecular weight is 447 g/mol. The first-order valence-electron chi connectivity index (χ1n) is 10.7. The van der Waals surface area contributed by atoms with Crippen LogP contribution in [0, 0.1) is 0 Å². The van der Waals surface area contributed by atoms with E-state index < -0.39 is 5.97 Å². The molecule has 0 spiro atoms. The standard InChI is InChI=1S/C26H26N2O5/c1-30-23-5-3-4-20(17-23)26(29)33-24-11-6-19(16-25(24)31-2)18-27-21-7-9-22(10-8-21)28-12-14-32-15-13-28/h3-11,16-18H,12-15H2,1-2H3. The van der Waals surface area contributed by atoms with Crippen molar-refractivity contribution in [2.24, 2.45) is 4.99 Å². The van der Waals surface area contributed by atoms with E-state index in [0.717, 1.165) is 37.6 Å². The van der Waals surface area contributed by atoms with E-state index in [4.69, 9.17) is 18.9 Å². The third-order valence-electron chi connectivity index (χ3n) is 5.28. The Hall–Kier alpha value is -3.84. The zero-order valence-electron chi connectivity index (χ0n) is 18.7. The summed E-state index contributed by atoms with van der Waals surface area (Å²) in [5, 5.41) is 0. The number of carbonyl (C=O) groups is 1. The number of ether oxygens (including phenoxy) is 4. The second-order valence-electron chi connectivity index (χ2n) is 7.41. The van der Waals surface area contributed by atoms with E-state index in [-0.39, 0.29) is 0 Å². The SMILES string of the molecule is COc1cccc(C(=O)Oc2ccc(C=Nc3ccc(N4CCOCC4)cc3)cc2OC)c1. The predicted octanol–water partition coefficient (Wildman–Crippen LogP) is 4.51. The van der Waals surface area contributed by atoms with Gasteiger partial charge in [0, 0.05) is 25.0 Å². The summed E-state index contributed by atoms with van der Waals surface area (Å²) in [6.07, 6.45) is 1.75. The molecule has 0 bridgehead atoms. The number of rotatable bonds is 7. The van der Waals surface area contributed by atoms with Crippen LogP contribution < -0.4 is 19.1 Å². The Bertz CT molecular complexity index is 1120. The third kappa shape index (κ3) is 5.70. The zero-order valence-corrected chi connectivity index (χ0v) is 18.7. The maximum Gasteiger partial charge on any atom is 0.343 e. The van der Waals surface area contributed by atoms with Gasteiger partial charge in [-0.05, 0) is 66.2 Å². The highest BCUT2D eigenvalue weighted by Gasteiger charge is 2.14. The summed E-state index contributed by atoms with van der Waals surface area (Å²) in [7, 11) is 3.08. The molecule has 3 aromatic rings. The van der Waals surface area contributed by atoms with Gasteiger partial charge in [-0.1, -0.05) is 6.07 Å². The van der Waals surface area contributed by atoms with Crippen LogP contribution in [0.5, 0.6) is 17.2 Å². The molecule has 0 unspecified atom stereocenters. The number of aliphatic imine (C=N–C) groups is 1. The molecule has 7 nitrogen and oxygen atoms in total. The number of hydrogen-bond donors (Lipinski definition) is 0. The maximum absolute atomic E-state index is 12.5. The van der Waals surface area contributed by atoms with Crippen molar-refractivity contribution in [2.45, 2.75) is 0 Å². The molecule has 3 aromatic carbocycles. The van der Waals surface area contributed by atoms with Crippen LogP contribution >= 0.6 is 0 Å². The molecular weight excluding hydrogens is 420 g/mol. The lowest BCUT2D eigenvalue weighted by atomic mass is 10.2. The lowest BCUT2D eigenvalue weighted by Crippen LogP contribution is -2.36. The van der Waals surface area contributed by atoms with Gasteiger partial charge in [0.1, 0.15) is 5.75 Å². The highest BCUT2D eigenvalue weighted by molar-refractivity contribution is 5.92. The maximum atomic E-state index is 12.5. The Labute approximate surface area is 193 Å². The third-order valence-corrected chi connectivity index (χ3v) is 5.28. The molecule has 1 heterocycles. The van der Waals surface area contributed by atoms with E-state index in [1.54, 1.807) is 49.7 Å². The van der Waals surface area contributed by atoms with Crippen molar-refractivity contribution in [3.8, 4) is 17.2 Å². The molecule has 7 heteroatoms. The van der Waals surface area contributed by atoms with Crippen molar-refractivity contribution < 1.29 is 23.7 Å². The molecule has 0 aliphatic carbocycles. The van der Waals surface area contributed by atoms with Crippen LogP contribution in [0.15, 0.2) is 71.7 Å². The lowest BCUT2D eigenvalue weighted by Gasteiger charge is -2.28. The van der Waals surface area contributed by atoms with Crippen LogP contribution in [0.3, 0.4) is 0 Å². The number of esters is 1. The topological polar surface area (TPSA) is 69.6 Å². The normalized spacial score (nSPS) is 13.7. The number of anilines is 1. The molecule has 1 aliphatic rings. The van der Waals surface area contributed by atoms with Crippen LogP contribution in [0.2, 0.25) is 0 Å². The quantitative estimate of drug-likeness (QED) is 0.302. The van der Waals surface area contributed by atoms with Crippen LogP contribution in [0.25, 0.3) is 0 Å². The minimum absolute atomic E-state index is 0.331. The largest absolute Gasteiger partial charge is 0.497 e. The summed E-state index contributed by atoms with van der Waals surface area (Å²) < 4.78 is 21.5. The van der Waals surface area contributed by atoms with Gasteiger partial charge in [-0.2, -0.15) is 0 Å². The van der Waals surface area contributed by atoms with E-state index in [1.807, 2.05) is 18.2 Å². The predicted molar refractivity (Wildman–Crippen MR) is 128 cm³/mol. The van der Waals surface area contributed by atoms with Crippen molar-refractivity contribution in [1.82, 2.24) is 0 Å². The lowest BCUT2D eigenvalue weighted by molar-refractivity contribution is 0.0729. The number of carbonyl (C=O) groups excluding carboxylic acids is 1. The Morgan fingerprint density at radius 2 is 1.73 bits per heavy atom. The smallest absolute Gasteiger partial charge is 0.343 e. The molecule has 0 amide bonds. The number of methoxy groups -OCH3 is 2. The van der Waals surface area contributed by atoms with E-state index in [9.17, 15) is 4.79 Å². The van der Waals surface area contributed by atoms with Crippen molar-refractivity contribution in [3.63, 3.8) is 0 Å². The summed E-state index contributed by atoms with van der Waals surface area (Å²) in [5.41, 5.74) is 3.23. The molecule has 33 heavy (non-hydrogen) atoms. The first-order valence-corrected chi connectivity index (χ1v) is 10.7. The van der Waals surface area contributed by atoms with E-state index >= 15 is 0 Å². The highest BCUT2D eigenvalue weighted by Crippen LogP contribution is 2.29. The molecule has 0 saturated carbocycles.